The summed E-state index contributed by atoms with van der Waals surface area (Å²) in [6.07, 6.45) is 3.59. The van der Waals surface area contributed by atoms with Gasteiger partial charge in [0.15, 0.2) is 5.82 Å². The summed E-state index contributed by atoms with van der Waals surface area (Å²) in [6.45, 7) is 9.31. The predicted octanol–water partition coefficient (Wildman–Crippen LogP) is 4.94. The zero-order chi connectivity index (χ0) is 22.9. The fraction of sp³-hybridized carbons (Fsp3) is 0.333. The monoisotopic (exact) mass is 431 g/mol. The van der Waals surface area contributed by atoms with Gasteiger partial charge in [0.25, 0.3) is 0 Å². The van der Waals surface area contributed by atoms with E-state index in [0.29, 0.717) is 11.7 Å². The number of fused-ring (bicyclic) bond motifs is 1. The molecule has 0 atom stereocenters. The SMILES string of the molecule is COc1cc(-c2ccnn2C)ccc1Nc1ncc2cc(C)nc(NCC(C)(C)C)c2n1. The zero-order valence-electron chi connectivity index (χ0n) is 19.4. The van der Waals surface area contributed by atoms with Gasteiger partial charge >= 0.3 is 0 Å². The summed E-state index contributed by atoms with van der Waals surface area (Å²) in [7, 11) is 3.56. The van der Waals surface area contributed by atoms with Gasteiger partial charge in [0.05, 0.1) is 18.5 Å². The minimum Gasteiger partial charge on any atom is -0.495 e. The van der Waals surface area contributed by atoms with Gasteiger partial charge in [-0.3, -0.25) is 4.68 Å². The maximum atomic E-state index is 5.63. The van der Waals surface area contributed by atoms with E-state index in [4.69, 9.17) is 9.72 Å². The number of ether oxygens (including phenoxy) is 1. The van der Waals surface area contributed by atoms with E-state index in [0.717, 1.165) is 45.9 Å². The molecule has 32 heavy (non-hydrogen) atoms. The molecule has 2 N–H and O–H groups in total. The van der Waals surface area contributed by atoms with Crippen LogP contribution in [0.2, 0.25) is 0 Å². The van der Waals surface area contributed by atoms with Crippen molar-refractivity contribution in [2.75, 3.05) is 24.3 Å². The third-order valence-electron chi connectivity index (χ3n) is 5.04. The Morgan fingerprint density at radius 2 is 1.91 bits per heavy atom. The maximum absolute atomic E-state index is 5.63. The summed E-state index contributed by atoms with van der Waals surface area (Å²) in [5.41, 5.74) is 4.62. The van der Waals surface area contributed by atoms with Crippen LogP contribution in [-0.2, 0) is 7.05 Å². The van der Waals surface area contributed by atoms with Crippen LogP contribution < -0.4 is 15.4 Å². The number of aromatic nitrogens is 5. The minimum atomic E-state index is 0.120. The Morgan fingerprint density at radius 3 is 2.59 bits per heavy atom. The Labute approximate surface area is 188 Å². The molecule has 4 rings (SSSR count). The van der Waals surface area contributed by atoms with E-state index >= 15 is 0 Å². The van der Waals surface area contributed by atoms with Gasteiger partial charge in [-0.15, -0.1) is 0 Å². The lowest BCUT2D eigenvalue weighted by Crippen LogP contribution is -2.20. The molecule has 0 spiro atoms. The van der Waals surface area contributed by atoms with E-state index in [1.165, 1.54) is 0 Å². The third kappa shape index (κ3) is 4.64. The van der Waals surface area contributed by atoms with E-state index < -0.39 is 0 Å². The molecule has 1 aromatic carbocycles. The molecular formula is C24H29N7O. The van der Waals surface area contributed by atoms with Crippen molar-refractivity contribution in [2.24, 2.45) is 12.5 Å². The Hall–Kier alpha value is -3.68. The van der Waals surface area contributed by atoms with Crippen LogP contribution in [0.25, 0.3) is 22.2 Å². The average Bonchev–Trinajstić information content (AvgIpc) is 3.18. The van der Waals surface area contributed by atoms with E-state index in [-0.39, 0.29) is 5.41 Å². The van der Waals surface area contributed by atoms with Gasteiger partial charge in [-0.05, 0) is 36.6 Å². The molecule has 3 heterocycles. The van der Waals surface area contributed by atoms with Crippen molar-refractivity contribution in [3.05, 3.63) is 48.4 Å². The smallest absolute Gasteiger partial charge is 0.227 e. The van der Waals surface area contributed by atoms with Crippen LogP contribution in [0.4, 0.5) is 17.5 Å². The standard InChI is InChI=1S/C24H29N7O/c1-15-11-17-13-25-23(30-21(17)22(28-15)26-14-24(2,3)4)29-18-8-7-16(12-20(18)32-6)19-9-10-27-31(19)5/h7-13H,14H2,1-6H3,(H,26,28)(H,25,29,30). The molecule has 166 valence electrons. The largest absolute Gasteiger partial charge is 0.495 e. The van der Waals surface area contributed by atoms with E-state index in [1.807, 2.05) is 55.2 Å². The molecule has 0 aliphatic rings. The highest BCUT2D eigenvalue weighted by atomic mass is 16.5. The Bertz CT molecular complexity index is 1260. The topological polar surface area (TPSA) is 89.8 Å². The first-order valence-electron chi connectivity index (χ1n) is 10.6. The van der Waals surface area contributed by atoms with Crippen LogP contribution in [0.3, 0.4) is 0 Å². The molecule has 0 amide bonds. The van der Waals surface area contributed by atoms with E-state index in [1.54, 1.807) is 13.3 Å². The fourth-order valence-electron chi connectivity index (χ4n) is 3.44. The number of benzene rings is 1. The Balaban J connectivity index is 1.67. The lowest BCUT2D eigenvalue weighted by molar-refractivity contribution is 0.417. The number of nitrogens with one attached hydrogen (secondary N) is 2. The second kappa shape index (κ2) is 8.45. The van der Waals surface area contributed by atoms with Gasteiger partial charge in [-0.1, -0.05) is 26.8 Å². The van der Waals surface area contributed by atoms with Crippen molar-refractivity contribution < 1.29 is 4.74 Å². The lowest BCUT2D eigenvalue weighted by atomic mass is 9.97. The van der Waals surface area contributed by atoms with Crippen molar-refractivity contribution >= 4 is 28.4 Å². The van der Waals surface area contributed by atoms with Gasteiger partial charge in [0.2, 0.25) is 5.95 Å². The van der Waals surface area contributed by atoms with E-state index in [9.17, 15) is 0 Å². The van der Waals surface area contributed by atoms with Crippen LogP contribution in [0.15, 0.2) is 42.7 Å². The predicted molar refractivity (Wildman–Crippen MR) is 128 cm³/mol. The number of hydrogen-bond acceptors (Lipinski definition) is 7. The summed E-state index contributed by atoms with van der Waals surface area (Å²) in [4.78, 5) is 13.9. The molecule has 0 unspecified atom stereocenters. The lowest BCUT2D eigenvalue weighted by Gasteiger charge is -2.20. The highest BCUT2D eigenvalue weighted by Gasteiger charge is 2.14. The summed E-state index contributed by atoms with van der Waals surface area (Å²) >= 11 is 0. The first kappa shape index (κ1) is 21.5. The van der Waals surface area contributed by atoms with Crippen molar-refractivity contribution in [1.82, 2.24) is 24.7 Å². The van der Waals surface area contributed by atoms with Crippen molar-refractivity contribution in [3.63, 3.8) is 0 Å². The Morgan fingerprint density at radius 1 is 1.09 bits per heavy atom. The molecule has 0 fully saturated rings. The molecule has 0 bridgehead atoms. The number of anilines is 3. The number of aryl methyl sites for hydroxylation is 2. The summed E-state index contributed by atoms with van der Waals surface area (Å²) in [5.74, 6) is 1.94. The zero-order valence-corrected chi connectivity index (χ0v) is 19.4. The second-order valence-electron chi connectivity index (χ2n) is 9.04. The van der Waals surface area contributed by atoms with Gasteiger partial charge < -0.3 is 15.4 Å². The average molecular weight is 432 g/mol. The quantitative estimate of drug-likeness (QED) is 0.447. The molecule has 3 aromatic heterocycles. The third-order valence-corrected chi connectivity index (χ3v) is 5.04. The van der Waals surface area contributed by atoms with Crippen LogP contribution in [0.5, 0.6) is 5.75 Å². The van der Waals surface area contributed by atoms with Gasteiger partial charge in [-0.25, -0.2) is 15.0 Å². The molecule has 0 aliphatic heterocycles. The molecule has 0 aliphatic carbocycles. The number of hydrogen-bond donors (Lipinski definition) is 2. The minimum absolute atomic E-state index is 0.120. The first-order chi connectivity index (χ1) is 15.2. The summed E-state index contributed by atoms with van der Waals surface area (Å²) in [6, 6.07) is 9.91. The number of methoxy groups -OCH3 is 1. The van der Waals surface area contributed by atoms with Crippen molar-refractivity contribution in [3.8, 4) is 17.0 Å². The highest BCUT2D eigenvalue weighted by Crippen LogP contribution is 2.32. The van der Waals surface area contributed by atoms with Crippen molar-refractivity contribution in [2.45, 2.75) is 27.7 Å². The van der Waals surface area contributed by atoms with Gasteiger partial charge in [-0.2, -0.15) is 5.10 Å². The molecule has 0 saturated carbocycles. The number of nitrogens with zero attached hydrogens (tertiary/aromatic N) is 5. The maximum Gasteiger partial charge on any atom is 0.227 e. The second-order valence-corrected chi connectivity index (χ2v) is 9.04. The normalized spacial score (nSPS) is 11.6. The van der Waals surface area contributed by atoms with Crippen molar-refractivity contribution in [1.29, 1.82) is 0 Å². The summed E-state index contributed by atoms with van der Waals surface area (Å²) in [5, 5.41) is 11.9. The highest BCUT2D eigenvalue weighted by molar-refractivity contribution is 5.89. The summed E-state index contributed by atoms with van der Waals surface area (Å²) < 4.78 is 7.46. The van der Waals surface area contributed by atoms with Crippen LogP contribution in [0.1, 0.15) is 26.5 Å². The van der Waals surface area contributed by atoms with Crippen LogP contribution in [0, 0.1) is 12.3 Å². The molecule has 0 radical (unpaired) electrons. The number of pyridine rings is 1. The van der Waals surface area contributed by atoms with Gasteiger partial charge in [0.1, 0.15) is 11.3 Å². The molecule has 8 nitrogen and oxygen atoms in total. The molecular weight excluding hydrogens is 402 g/mol. The van der Waals surface area contributed by atoms with Gasteiger partial charge in [0, 0.05) is 42.6 Å². The number of rotatable bonds is 6. The van der Waals surface area contributed by atoms with Crippen LogP contribution in [-0.4, -0.2) is 38.4 Å². The first-order valence-corrected chi connectivity index (χ1v) is 10.6. The molecule has 4 aromatic rings. The molecule has 0 saturated heterocycles. The van der Waals surface area contributed by atoms with E-state index in [2.05, 4.69) is 46.5 Å². The fourth-order valence-corrected chi connectivity index (χ4v) is 3.44. The Kier molecular flexibility index (Phi) is 5.69. The molecule has 8 heteroatoms. The van der Waals surface area contributed by atoms with Crippen LogP contribution >= 0.6 is 0 Å².